The summed E-state index contributed by atoms with van der Waals surface area (Å²) in [5.74, 6) is 0.966. The fourth-order valence-electron chi connectivity index (χ4n) is 4.10. The van der Waals surface area contributed by atoms with Gasteiger partial charge in [-0.25, -0.2) is 0 Å². The van der Waals surface area contributed by atoms with Crippen molar-refractivity contribution < 1.29 is 9.47 Å². The zero-order chi connectivity index (χ0) is 19.1. The average Bonchev–Trinajstić information content (AvgIpc) is 3.42. The number of hydrogen-bond donors (Lipinski definition) is 1. The molecule has 0 spiro atoms. The van der Waals surface area contributed by atoms with Gasteiger partial charge in [0.2, 0.25) is 0 Å². The lowest BCUT2D eigenvalue weighted by atomic mass is 10.1. The zero-order valence-electron chi connectivity index (χ0n) is 17.3. The molecule has 0 bridgehead atoms. The highest BCUT2D eigenvalue weighted by Crippen LogP contribution is 2.23. The zero-order valence-corrected chi connectivity index (χ0v) is 20.4. The van der Waals surface area contributed by atoms with Gasteiger partial charge in [0.15, 0.2) is 5.96 Å². The van der Waals surface area contributed by atoms with Crippen LogP contribution >= 0.6 is 35.3 Å². The molecular formula is C20H35IN4O2S. The molecule has 3 unspecified atom stereocenters. The predicted molar refractivity (Wildman–Crippen MR) is 127 cm³/mol. The monoisotopic (exact) mass is 522 g/mol. The lowest BCUT2D eigenvalue weighted by Gasteiger charge is -2.38. The summed E-state index contributed by atoms with van der Waals surface area (Å²) >= 11 is 1.76. The summed E-state index contributed by atoms with van der Waals surface area (Å²) in [7, 11) is 1.87. The van der Waals surface area contributed by atoms with Crippen LogP contribution in [0, 0.1) is 0 Å². The van der Waals surface area contributed by atoms with E-state index in [1.807, 2.05) is 7.05 Å². The number of likely N-dealkylation sites (N-methyl/N-ethyl adjacent to an activating group) is 1. The number of halogens is 1. The number of nitrogens with zero attached hydrogens (tertiary/aromatic N) is 3. The van der Waals surface area contributed by atoms with E-state index in [0.29, 0.717) is 6.04 Å². The number of thiophene rings is 1. The first-order chi connectivity index (χ1) is 13.3. The van der Waals surface area contributed by atoms with Gasteiger partial charge >= 0.3 is 0 Å². The molecular weight excluding hydrogens is 487 g/mol. The molecule has 1 N–H and O–H groups in total. The van der Waals surface area contributed by atoms with Gasteiger partial charge in [-0.15, -0.1) is 24.0 Å². The van der Waals surface area contributed by atoms with Crippen LogP contribution in [-0.4, -0.2) is 81.0 Å². The number of morpholine rings is 1. The molecule has 28 heavy (non-hydrogen) atoms. The molecule has 2 aliphatic heterocycles. The van der Waals surface area contributed by atoms with Crippen molar-refractivity contribution in [2.45, 2.75) is 44.9 Å². The third-order valence-electron chi connectivity index (χ3n) is 5.62. The number of guanidine groups is 1. The van der Waals surface area contributed by atoms with Crippen molar-refractivity contribution in [3.8, 4) is 0 Å². The van der Waals surface area contributed by atoms with E-state index in [1.54, 1.807) is 11.3 Å². The summed E-state index contributed by atoms with van der Waals surface area (Å²) in [6.45, 7) is 10.7. The van der Waals surface area contributed by atoms with Crippen molar-refractivity contribution in [3.63, 3.8) is 0 Å². The predicted octanol–water partition coefficient (Wildman–Crippen LogP) is 3.20. The molecule has 0 aliphatic carbocycles. The number of rotatable bonds is 7. The molecule has 160 valence electrons. The van der Waals surface area contributed by atoms with Crippen LogP contribution in [0.4, 0.5) is 0 Å². The van der Waals surface area contributed by atoms with Gasteiger partial charge < -0.3 is 19.7 Å². The first-order valence-corrected chi connectivity index (χ1v) is 11.2. The largest absolute Gasteiger partial charge is 0.375 e. The van der Waals surface area contributed by atoms with E-state index in [4.69, 9.17) is 9.47 Å². The third-order valence-corrected chi connectivity index (χ3v) is 6.32. The second kappa shape index (κ2) is 12.3. The lowest BCUT2D eigenvalue weighted by molar-refractivity contribution is -0.0817. The molecule has 8 heteroatoms. The Balaban J connectivity index is 0.00000280. The summed E-state index contributed by atoms with van der Waals surface area (Å²) in [6, 6.07) is 2.60. The molecule has 0 amide bonds. The number of ether oxygens (including phenoxy) is 2. The quantitative estimate of drug-likeness (QED) is 0.339. The van der Waals surface area contributed by atoms with E-state index in [-0.39, 0.29) is 36.2 Å². The first-order valence-electron chi connectivity index (χ1n) is 10.2. The van der Waals surface area contributed by atoms with Crippen molar-refractivity contribution in [2.75, 3.05) is 53.0 Å². The van der Waals surface area contributed by atoms with Crippen LogP contribution in [0.1, 0.15) is 38.3 Å². The second-order valence-electron chi connectivity index (χ2n) is 7.13. The summed E-state index contributed by atoms with van der Waals surface area (Å²) in [4.78, 5) is 9.38. The van der Waals surface area contributed by atoms with E-state index in [0.717, 1.165) is 64.7 Å². The normalized spacial score (nSPS) is 24.3. The van der Waals surface area contributed by atoms with Crippen LogP contribution in [0.15, 0.2) is 21.8 Å². The van der Waals surface area contributed by atoms with Crippen molar-refractivity contribution in [2.24, 2.45) is 4.99 Å². The fraction of sp³-hybridized carbons (Fsp3) is 0.750. The standard InChI is InChI=1S/C20H34N4O2S.HI/c1-4-23(5-2)17(16-8-12-27-15-16)13-22-20(21-3)24-9-11-26-19(14-24)18-7-6-10-25-18;/h8,12,15,17-19H,4-7,9-11,13-14H2,1-3H3,(H,21,22);1H. The molecule has 0 radical (unpaired) electrons. The van der Waals surface area contributed by atoms with Gasteiger partial charge in [0, 0.05) is 33.3 Å². The van der Waals surface area contributed by atoms with Crippen LogP contribution in [-0.2, 0) is 9.47 Å². The third kappa shape index (κ3) is 6.04. The second-order valence-corrected chi connectivity index (χ2v) is 7.91. The molecule has 6 nitrogen and oxygen atoms in total. The lowest BCUT2D eigenvalue weighted by Crippen LogP contribution is -2.54. The Hall–Kier alpha value is -0.420. The van der Waals surface area contributed by atoms with Gasteiger partial charge in [0.25, 0.3) is 0 Å². The Labute approximate surface area is 190 Å². The van der Waals surface area contributed by atoms with Crippen molar-refractivity contribution in [1.29, 1.82) is 0 Å². The molecule has 1 aromatic rings. The van der Waals surface area contributed by atoms with E-state index < -0.39 is 0 Å². The van der Waals surface area contributed by atoms with E-state index in [1.165, 1.54) is 5.56 Å². The molecule has 2 aliphatic rings. The number of hydrogen-bond acceptors (Lipinski definition) is 5. The Bertz CT molecular complexity index is 577. The van der Waals surface area contributed by atoms with Gasteiger partial charge in [-0.3, -0.25) is 9.89 Å². The van der Waals surface area contributed by atoms with Crippen molar-refractivity contribution >= 4 is 41.3 Å². The molecule has 0 aromatic carbocycles. The highest BCUT2D eigenvalue weighted by molar-refractivity contribution is 14.0. The first kappa shape index (κ1) is 23.9. The fourth-order valence-corrected chi connectivity index (χ4v) is 4.80. The molecule has 1 aromatic heterocycles. The van der Waals surface area contributed by atoms with Crippen LogP contribution in [0.3, 0.4) is 0 Å². The Morgan fingerprint density at radius 2 is 2.11 bits per heavy atom. The Morgan fingerprint density at radius 1 is 1.32 bits per heavy atom. The van der Waals surface area contributed by atoms with Crippen LogP contribution in [0.5, 0.6) is 0 Å². The van der Waals surface area contributed by atoms with Crippen LogP contribution in [0.25, 0.3) is 0 Å². The van der Waals surface area contributed by atoms with E-state index in [9.17, 15) is 0 Å². The van der Waals surface area contributed by atoms with Gasteiger partial charge in [0.1, 0.15) is 6.10 Å². The van der Waals surface area contributed by atoms with Gasteiger partial charge in [-0.05, 0) is 48.3 Å². The molecule has 3 atom stereocenters. The summed E-state index contributed by atoms with van der Waals surface area (Å²) in [5.41, 5.74) is 1.38. The molecule has 2 saturated heterocycles. The Morgan fingerprint density at radius 3 is 2.71 bits per heavy atom. The minimum absolute atomic E-state index is 0. The maximum absolute atomic E-state index is 5.99. The molecule has 3 rings (SSSR count). The average molecular weight is 522 g/mol. The highest BCUT2D eigenvalue weighted by atomic mass is 127. The summed E-state index contributed by atoms with van der Waals surface area (Å²) < 4.78 is 11.8. The van der Waals surface area contributed by atoms with Crippen LogP contribution in [0.2, 0.25) is 0 Å². The summed E-state index contributed by atoms with van der Waals surface area (Å²) in [6.07, 6.45) is 2.63. The minimum atomic E-state index is 0. The topological polar surface area (TPSA) is 49.3 Å². The van der Waals surface area contributed by atoms with Crippen molar-refractivity contribution in [3.05, 3.63) is 22.4 Å². The van der Waals surface area contributed by atoms with Crippen molar-refractivity contribution in [1.82, 2.24) is 15.1 Å². The van der Waals surface area contributed by atoms with Gasteiger partial charge in [-0.2, -0.15) is 11.3 Å². The van der Waals surface area contributed by atoms with Gasteiger partial charge in [-0.1, -0.05) is 13.8 Å². The van der Waals surface area contributed by atoms with Gasteiger partial charge in [0.05, 0.1) is 18.8 Å². The highest BCUT2D eigenvalue weighted by Gasteiger charge is 2.32. The molecule has 0 saturated carbocycles. The number of nitrogens with one attached hydrogen (secondary N) is 1. The Kier molecular flexibility index (Phi) is 10.5. The molecule has 3 heterocycles. The number of aliphatic imine (C=N–C) groups is 1. The van der Waals surface area contributed by atoms with Crippen LogP contribution < -0.4 is 5.32 Å². The SMILES string of the molecule is CCN(CC)C(CNC(=NC)N1CCOC(C2CCCO2)C1)c1ccsc1.I. The summed E-state index contributed by atoms with van der Waals surface area (Å²) in [5, 5.41) is 8.05. The van der Waals surface area contributed by atoms with E-state index in [2.05, 4.69) is 50.8 Å². The molecule has 2 fully saturated rings. The van der Waals surface area contributed by atoms with E-state index >= 15 is 0 Å². The maximum Gasteiger partial charge on any atom is 0.193 e. The smallest absolute Gasteiger partial charge is 0.193 e. The maximum atomic E-state index is 5.99. The minimum Gasteiger partial charge on any atom is -0.375 e.